The van der Waals surface area contributed by atoms with Crippen LogP contribution in [0.2, 0.25) is 0 Å². The van der Waals surface area contributed by atoms with E-state index in [2.05, 4.69) is 9.97 Å². The molecule has 3 heterocycles. The fraction of sp³-hybridized carbons (Fsp3) is 0.333. The number of hydrogen-bond donors (Lipinski definition) is 1. The van der Waals surface area contributed by atoms with Gasteiger partial charge in [-0.15, -0.1) is 0 Å². The molecule has 2 N–H and O–H groups in total. The number of primary amides is 1. The lowest BCUT2D eigenvalue weighted by molar-refractivity contribution is 0.0765. The van der Waals surface area contributed by atoms with Crippen molar-refractivity contribution in [3.05, 3.63) is 53.5 Å². The third kappa shape index (κ3) is 3.60. The molecule has 3 rings (SSSR count). The first-order valence-corrected chi connectivity index (χ1v) is 8.27. The Morgan fingerprint density at radius 3 is 2.68 bits per heavy atom. The number of anilines is 1. The largest absolute Gasteiger partial charge is 0.365 e. The van der Waals surface area contributed by atoms with Crippen molar-refractivity contribution >= 4 is 17.6 Å². The first kappa shape index (κ1) is 16.9. The highest BCUT2D eigenvalue weighted by atomic mass is 16.2. The summed E-state index contributed by atoms with van der Waals surface area (Å²) in [7, 11) is 0. The molecular formula is C18H21N5O2. The van der Waals surface area contributed by atoms with Crippen molar-refractivity contribution in [3.63, 3.8) is 0 Å². The molecule has 1 fully saturated rings. The summed E-state index contributed by atoms with van der Waals surface area (Å²) in [5.41, 5.74) is 7.41. The van der Waals surface area contributed by atoms with Crippen LogP contribution in [0.3, 0.4) is 0 Å². The van der Waals surface area contributed by atoms with Gasteiger partial charge in [0, 0.05) is 44.8 Å². The van der Waals surface area contributed by atoms with Gasteiger partial charge in [-0.1, -0.05) is 0 Å². The number of nitrogens with two attached hydrogens (primary N) is 1. The number of aryl methyl sites for hydroxylation is 1. The van der Waals surface area contributed by atoms with Crippen molar-refractivity contribution in [2.45, 2.75) is 13.3 Å². The topological polar surface area (TPSA) is 92.4 Å². The lowest BCUT2D eigenvalue weighted by atomic mass is 10.1. The molecular weight excluding hydrogens is 318 g/mol. The van der Waals surface area contributed by atoms with Crippen molar-refractivity contribution in [2.24, 2.45) is 5.73 Å². The number of nitrogens with zero attached hydrogens (tertiary/aromatic N) is 4. The average molecular weight is 339 g/mol. The lowest BCUT2D eigenvalue weighted by Gasteiger charge is -2.24. The molecule has 1 saturated heterocycles. The predicted molar refractivity (Wildman–Crippen MR) is 94.5 cm³/mol. The molecule has 7 nitrogen and oxygen atoms in total. The molecule has 2 aromatic rings. The highest BCUT2D eigenvalue weighted by Crippen LogP contribution is 2.19. The van der Waals surface area contributed by atoms with E-state index < -0.39 is 5.91 Å². The quantitative estimate of drug-likeness (QED) is 0.908. The number of aromatic nitrogens is 2. The Balaban J connectivity index is 1.76. The van der Waals surface area contributed by atoms with E-state index in [1.807, 2.05) is 22.8 Å². The van der Waals surface area contributed by atoms with Crippen LogP contribution in [0.1, 0.15) is 32.7 Å². The van der Waals surface area contributed by atoms with Crippen LogP contribution in [0.25, 0.3) is 0 Å². The highest BCUT2D eigenvalue weighted by Gasteiger charge is 2.24. The van der Waals surface area contributed by atoms with Gasteiger partial charge in [0.2, 0.25) is 0 Å². The molecule has 0 unspecified atom stereocenters. The van der Waals surface area contributed by atoms with Crippen molar-refractivity contribution in [3.8, 4) is 0 Å². The van der Waals surface area contributed by atoms with E-state index >= 15 is 0 Å². The molecule has 0 radical (unpaired) electrons. The summed E-state index contributed by atoms with van der Waals surface area (Å²) in [5.74, 6) is 0.0803. The summed E-state index contributed by atoms with van der Waals surface area (Å²) < 4.78 is 0. The second-order valence-electron chi connectivity index (χ2n) is 6.06. The molecule has 2 aromatic heterocycles. The molecule has 25 heavy (non-hydrogen) atoms. The van der Waals surface area contributed by atoms with Crippen LogP contribution in [0.5, 0.6) is 0 Å². The zero-order valence-electron chi connectivity index (χ0n) is 14.2. The minimum Gasteiger partial charge on any atom is -0.365 e. The summed E-state index contributed by atoms with van der Waals surface area (Å²) in [6, 6.07) is 5.21. The SMILES string of the molecule is Cc1ccncc1C(=O)N1CCCN(c2ncccc2C(N)=O)CC1. The first-order chi connectivity index (χ1) is 12.1. The molecule has 0 bridgehead atoms. The van der Waals surface area contributed by atoms with Gasteiger partial charge in [-0.2, -0.15) is 0 Å². The first-order valence-electron chi connectivity index (χ1n) is 8.27. The third-order valence-electron chi connectivity index (χ3n) is 4.40. The van der Waals surface area contributed by atoms with Gasteiger partial charge in [-0.05, 0) is 37.1 Å². The molecule has 1 aliphatic rings. The van der Waals surface area contributed by atoms with Crippen LogP contribution in [0, 0.1) is 6.92 Å². The molecule has 1 aliphatic heterocycles. The Hall–Kier alpha value is -2.96. The van der Waals surface area contributed by atoms with Gasteiger partial charge < -0.3 is 15.5 Å². The monoisotopic (exact) mass is 339 g/mol. The number of rotatable bonds is 3. The molecule has 2 amide bonds. The Morgan fingerprint density at radius 2 is 1.92 bits per heavy atom. The van der Waals surface area contributed by atoms with E-state index in [9.17, 15) is 9.59 Å². The maximum absolute atomic E-state index is 12.8. The number of carbonyl (C=O) groups excluding carboxylic acids is 2. The smallest absolute Gasteiger partial charge is 0.255 e. The van der Waals surface area contributed by atoms with Crippen LogP contribution in [0.4, 0.5) is 5.82 Å². The lowest BCUT2D eigenvalue weighted by Crippen LogP contribution is -2.36. The second-order valence-corrected chi connectivity index (χ2v) is 6.06. The van der Waals surface area contributed by atoms with Crippen LogP contribution >= 0.6 is 0 Å². The molecule has 7 heteroatoms. The van der Waals surface area contributed by atoms with Crippen LogP contribution in [-0.2, 0) is 0 Å². The van der Waals surface area contributed by atoms with E-state index in [1.165, 1.54) is 0 Å². The van der Waals surface area contributed by atoms with E-state index in [4.69, 9.17) is 5.73 Å². The number of amides is 2. The average Bonchev–Trinajstić information content (AvgIpc) is 2.87. The number of hydrogen-bond acceptors (Lipinski definition) is 5. The molecule has 130 valence electrons. The summed E-state index contributed by atoms with van der Waals surface area (Å²) in [6.45, 7) is 4.44. The summed E-state index contributed by atoms with van der Waals surface area (Å²) >= 11 is 0. The minimum atomic E-state index is -0.494. The zero-order chi connectivity index (χ0) is 17.8. The van der Waals surface area contributed by atoms with Gasteiger partial charge in [0.1, 0.15) is 5.82 Å². The van der Waals surface area contributed by atoms with Gasteiger partial charge in [0.25, 0.3) is 11.8 Å². The third-order valence-corrected chi connectivity index (χ3v) is 4.40. The Morgan fingerprint density at radius 1 is 1.08 bits per heavy atom. The van der Waals surface area contributed by atoms with Gasteiger partial charge in [0.05, 0.1) is 11.1 Å². The number of pyridine rings is 2. The van der Waals surface area contributed by atoms with E-state index in [1.54, 1.807) is 30.7 Å². The molecule has 0 aromatic carbocycles. The minimum absolute atomic E-state index is 0.0106. The highest BCUT2D eigenvalue weighted by molar-refractivity contribution is 5.98. The van der Waals surface area contributed by atoms with E-state index in [-0.39, 0.29) is 5.91 Å². The predicted octanol–water partition coefficient (Wildman–Crippen LogP) is 1.24. The Kier molecular flexibility index (Phi) is 4.92. The maximum atomic E-state index is 12.8. The normalized spacial score (nSPS) is 14.9. The van der Waals surface area contributed by atoms with Crippen molar-refractivity contribution in [1.29, 1.82) is 0 Å². The number of carbonyl (C=O) groups is 2. The standard InChI is InChI=1S/C18H21N5O2/c1-13-5-7-20-12-15(13)18(25)23-9-3-8-22(10-11-23)17-14(16(19)24)4-2-6-21-17/h2,4-7,12H,3,8-11H2,1H3,(H2,19,24). The fourth-order valence-corrected chi connectivity index (χ4v) is 3.03. The molecule has 0 atom stereocenters. The van der Waals surface area contributed by atoms with E-state index in [0.29, 0.717) is 43.1 Å². The zero-order valence-corrected chi connectivity index (χ0v) is 14.2. The summed E-state index contributed by atoms with van der Waals surface area (Å²) in [4.78, 5) is 36.6. The van der Waals surface area contributed by atoms with Crippen LogP contribution in [-0.4, -0.2) is 52.9 Å². The van der Waals surface area contributed by atoms with Gasteiger partial charge in [0.15, 0.2) is 0 Å². The summed E-state index contributed by atoms with van der Waals surface area (Å²) in [6.07, 6.45) is 5.74. The van der Waals surface area contributed by atoms with Gasteiger partial charge >= 0.3 is 0 Å². The Bertz CT molecular complexity index is 793. The van der Waals surface area contributed by atoms with E-state index in [0.717, 1.165) is 12.0 Å². The Labute approximate surface area is 146 Å². The van der Waals surface area contributed by atoms with Crippen molar-refractivity contribution in [1.82, 2.24) is 14.9 Å². The fourth-order valence-electron chi connectivity index (χ4n) is 3.03. The van der Waals surface area contributed by atoms with Crippen molar-refractivity contribution < 1.29 is 9.59 Å². The second kappa shape index (κ2) is 7.29. The maximum Gasteiger partial charge on any atom is 0.255 e. The van der Waals surface area contributed by atoms with Crippen LogP contribution < -0.4 is 10.6 Å². The van der Waals surface area contributed by atoms with Crippen molar-refractivity contribution in [2.75, 3.05) is 31.1 Å². The molecule has 0 spiro atoms. The van der Waals surface area contributed by atoms with Crippen LogP contribution in [0.15, 0.2) is 36.8 Å². The van der Waals surface area contributed by atoms with Gasteiger partial charge in [-0.3, -0.25) is 14.6 Å². The summed E-state index contributed by atoms with van der Waals surface area (Å²) in [5, 5.41) is 0. The molecule has 0 saturated carbocycles. The molecule has 0 aliphatic carbocycles. The van der Waals surface area contributed by atoms with Gasteiger partial charge in [-0.25, -0.2) is 4.98 Å².